The molecular weight excluding hydrogens is 2010 g/mol. The lowest BCUT2D eigenvalue weighted by molar-refractivity contribution is -0.135. The smallest absolute Gasteiger partial charge is 0.425 e. The van der Waals surface area contributed by atoms with Crippen LogP contribution in [-0.2, 0) is 154 Å². The van der Waals surface area contributed by atoms with Crippen molar-refractivity contribution in [1.82, 2.24) is 26.2 Å². The highest BCUT2D eigenvalue weighted by Crippen LogP contribution is 2.51. The van der Waals surface area contributed by atoms with Gasteiger partial charge in [0.15, 0.2) is 0 Å². The second kappa shape index (κ2) is 46.4. The largest absolute Gasteiger partial charge is 0.508 e. The molecule has 8 aromatic heterocycles. The van der Waals surface area contributed by atoms with Crippen LogP contribution >= 0.6 is 90.7 Å². The fourth-order valence-corrected chi connectivity index (χ4v) is 31.1. The molecule has 0 atom stereocenters. The number of likely N-dealkylation sites (N-methyl/N-ethyl adjacent to an activating group) is 1. The zero-order valence-electron chi connectivity index (χ0n) is 85.8. The molecule has 0 bridgehead atoms. The van der Waals surface area contributed by atoms with Gasteiger partial charge in [-0.05, 0) is 384 Å². The van der Waals surface area contributed by atoms with E-state index in [-0.39, 0.29) is 59.6 Å². The highest BCUT2D eigenvalue weighted by molar-refractivity contribution is 7.19. The molecule has 19 rings (SSSR count). The van der Waals surface area contributed by atoms with Gasteiger partial charge in [-0.3, -0.25) is 26.2 Å². The van der Waals surface area contributed by atoms with Gasteiger partial charge in [0.25, 0.3) is 0 Å². The van der Waals surface area contributed by atoms with Gasteiger partial charge in [-0.25, -0.2) is 38.4 Å². The number of nitrogens with zero attached hydrogens (tertiary/aromatic N) is 1. The maximum Gasteiger partial charge on any atom is 0.425 e. The van der Waals surface area contributed by atoms with Gasteiger partial charge >= 0.3 is 54.2 Å². The number of para-hydroxylation sites is 1. The molecule has 0 unspecified atom stereocenters. The lowest BCUT2D eigenvalue weighted by atomic mass is 9.93. The number of anilines is 4. The van der Waals surface area contributed by atoms with Gasteiger partial charge in [0.05, 0.1) is 22.3 Å². The van der Waals surface area contributed by atoms with Crippen LogP contribution in [0.3, 0.4) is 0 Å². The summed E-state index contributed by atoms with van der Waals surface area (Å²) in [4.78, 5) is 119. The fraction of sp³-hybridized carbons (Fsp3) is 0.482. The number of urea groups is 4. The highest BCUT2D eigenvalue weighted by Gasteiger charge is 2.42. The lowest BCUT2D eigenvalue weighted by Gasteiger charge is -2.25. The van der Waals surface area contributed by atoms with E-state index < -0.39 is 45.5 Å². The number of phenols is 2. The number of aromatic hydroxyl groups is 2. The fourth-order valence-electron chi connectivity index (χ4n) is 20.4. The zero-order chi connectivity index (χ0) is 104. The number of hydrogen-bond acceptors (Lipinski definition) is 23. The summed E-state index contributed by atoms with van der Waals surface area (Å²) in [6.07, 6.45) is 23.5. The number of amides is 8. The summed E-state index contributed by atoms with van der Waals surface area (Å²) in [5, 5.41) is 46.2. The molecule has 0 spiro atoms. The minimum atomic E-state index is -4.48. The zero-order valence-corrected chi connectivity index (χ0v) is 92.3. The number of carbonyl (C=O) groups excluding carboxylic acids is 8. The van der Waals surface area contributed by atoms with Crippen molar-refractivity contribution >= 4 is 159 Å². The Hall–Kier alpha value is -10.4. The minimum Gasteiger partial charge on any atom is -0.508 e. The number of thiophene rings is 8. The Bertz CT molecular complexity index is 6500. The predicted molar refractivity (Wildman–Crippen MR) is 585 cm³/mol. The van der Waals surface area contributed by atoms with Crippen LogP contribution in [0, 0.1) is 6.92 Å². The van der Waals surface area contributed by atoms with Crippen LogP contribution in [0.15, 0.2) is 72.8 Å². The van der Waals surface area contributed by atoms with Crippen molar-refractivity contribution in [2.24, 2.45) is 0 Å². The predicted octanol–water partition coefficient (Wildman–Crippen LogP) is 28.2. The number of phenolic OH excluding ortho intramolecular Hbond substituents is 2. The molecule has 7 aliphatic carbocycles. The van der Waals surface area contributed by atoms with Gasteiger partial charge in [-0.1, -0.05) is 55.5 Å². The van der Waals surface area contributed by atoms with E-state index in [4.69, 9.17) is 18.9 Å². The van der Waals surface area contributed by atoms with E-state index >= 15 is 0 Å². The van der Waals surface area contributed by atoms with Crippen molar-refractivity contribution in [3.63, 3.8) is 0 Å². The first-order chi connectivity index (χ1) is 69.5. The number of fused-ring (bicyclic) bond motifs is 8. The van der Waals surface area contributed by atoms with Crippen LogP contribution in [0.5, 0.6) is 11.5 Å². The molecule has 0 radical (unpaired) electrons. The van der Waals surface area contributed by atoms with Crippen LogP contribution in [-0.4, -0.2) is 98.6 Å². The van der Waals surface area contributed by atoms with E-state index in [9.17, 15) is 61.7 Å². The van der Waals surface area contributed by atoms with Gasteiger partial charge in [0.2, 0.25) is 0 Å². The topological polar surface area (TPSA) is 313 Å². The molecule has 8 aliphatic rings. The number of aryl methyl sites for hydroxylation is 8. The van der Waals surface area contributed by atoms with Crippen molar-refractivity contribution < 1.29 is 80.7 Å². The monoisotopic (exact) mass is 2140 g/mol. The number of carbonyl (C=O) groups is 8. The average Bonchev–Trinajstić information content (AvgIpc) is 1.60. The van der Waals surface area contributed by atoms with E-state index in [1.165, 1.54) is 127 Å². The Kier molecular flexibility index (Phi) is 34.4. The number of hydrogen-bond donors (Lipinski definition) is 10. The SMILES string of the molecule is CC(C)(C)OC(=O)c1c(NC(=O)NCc2c(-c3cccc(O)c3)sc3c2CCCC3)sc2c1CCCC2.CC(C)(C)OC(=O)c1c(NC(=O)NCc2c(-c3ccccc3O)sc3c2CCCC3)sc2c1CCCC2.CCN1CCc2c(sc(C(F)(F)F)c2CNC(=O)Nc2sc3c(c2C(=O)OC(C)(C)C)CCC3)C1.Cc1ccccc1-c1sc2c(c1CNC(=O)Nc1sc3c(c1C(=O)OC(C)(C)C)CCCC3)CCCC2. The molecule has 0 fully saturated rings. The number of ether oxygens (including phenoxy) is 4. The van der Waals surface area contributed by atoms with E-state index in [1.54, 1.807) is 61.6 Å². The molecule has 780 valence electrons. The van der Waals surface area contributed by atoms with Crippen LogP contribution in [0.1, 0.15) is 331 Å². The second-order valence-electron chi connectivity index (χ2n) is 42.4. The number of alkyl halides is 3. The van der Waals surface area contributed by atoms with E-state index in [2.05, 4.69) is 78.6 Å². The van der Waals surface area contributed by atoms with Crippen molar-refractivity contribution in [2.45, 2.75) is 338 Å². The molecule has 146 heavy (non-hydrogen) atoms. The Morgan fingerprint density at radius 2 is 0.651 bits per heavy atom. The molecule has 23 nitrogen and oxygen atoms in total. The molecule has 34 heteroatoms. The molecule has 11 aromatic rings. The average molecular weight is 2140 g/mol. The molecule has 1 aliphatic heterocycles. The molecule has 0 saturated heterocycles. The van der Waals surface area contributed by atoms with Crippen LogP contribution in [0.25, 0.3) is 31.3 Å². The summed E-state index contributed by atoms with van der Waals surface area (Å²) in [7, 11) is 0. The van der Waals surface area contributed by atoms with Gasteiger partial charge in [0, 0.05) is 98.5 Å². The van der Waals surface area contributed by atoms with Gasteiger partial charge in [0.1, 0.15) is 58.8 Å². The minimum absolute atomic E-state index is 0.143. The van der Waals surface area contributed by atoms with Crippen molar-refractivity contribution in [3.05, 3.63) is 211 Å². The van der Waals surface area contributed by atoms with E-state index in [1.807, 2.05) is 111 Å². The van der Waals surface area contributed by atoms with Crippen molar-refractivity contribution in [1.29, 1.82) is 0 Å². The van der Waals surface area contributed by atoms with Crippen LogP contribution < -0.4 is 42.5 Å². The standard InChI is InChI=1S/C30H36N2O3S2.2C29H34N2O4S2.C24H30F3N3O3S2/c1-18-11-5-6-12-19(18)26-22(20-13-7-9-15-23(20)36-26)17-31-29(34)32-27-25(28(33)35-30(2,3)4)21-14-8-10-16-24(21)37-27;1-29(2,3)35-27(33)24-19-12-6-9-15-23(19)37-26(24)31-28(34)30-16-20-17-10-5-8-14-22(17)36-25(20)18-11-4-7-13-21(18)32;1-29(2,3)35-27(33)24-20-12-5-7-14-23(20)37-26(24)31-28(34)30-16-21-19-11-4-6-13-22(19)36-25(21)17-9-8-10-18(32)15-17;1-5-30-10-9-13-15(19(24(25,26)27)34-17(13)12-30)11-28-22(32)29-20-18(21(31)33-23(2,3)4)14-7-6-8-16(14)35-20/h5-6,11-12H,7-10,13-17H2,1-4H3,(H2,31,32,34);4,7,11,13,32H,5-6,8-10,12,14-16H2,1-3H3,(H2,30,31,34);8-10,15,32H,4-7,11-14,16H2,1-3H3,(H2,30,31,34);5-12H2,1-4H3,(H2,28,29,32). The van der Waals surface area contributed by atoms with Crippen LogP contribution in [0.2, 0.25) is 0 Å². The number of rotatable bonds is 20. The Morgan fingerprint density at radius 3 is 1.01 bits per heavy atom. The summed E-state index contributed by atoms with van der Waals surface area (Å²) in [6, 6.07) is 21.6. The third-order valence-electron chi connectivity index (χ3n) is 26.9. The Morgan fingerprint density at radius 1 is 0.342 bits per heavy atom. The third-order valence-corrected chi connectivity index (χ3v) is 37.1. The van der Waals surface area contributed by atoms with Crippen molar-refractivity contribution in [3.8, 4) is 42.8 Å². The summed E-state index contributed by atoms with van der Waals surface area (Å²) >= 11 is 12.0. The number of benzene rings is 3. The molecule has 8 amide bonds. The maximum absolute atomic E-state index is 13.8. The summed E-state index contributed by atoms with van der Waals surface area (Å²) in [5.74, 6) is -1.12. The Labute approximate surface area is 885 Å². The van der Waals surface area contributed by atoms with Gasteiger partial charge < -0.3 is 50.4 Å². The summed E-state index contributed by atoms with van der Waals surface area (Å²) in [5.41, 5.74) is 16.0. The van der Waals surface area contributed by atoms with E-state index in [0.717, 1.165) is 236 Å². The number of halogens is 3. The van der Waals surface area contributed by atoms with Crippen LogP contribution in [0.4, 0.5) is 52.4 Å². The lowest BCUT2D eigenvalue weighted by Crippen LogP contribution is -2.32. The first-order valence-electron chi connectivity index (χ1n) is 51.2. The Balaban J connectivity index is 0.000000139. The quantitative estimate of drug-likeness (QED) is 0.0250. The third kappa shape index (κ3) is 26.3. The maximum atomic E-state index is 13.8. The number of nitrogens with one attached hydrogen (secondary N) is 8. The first kappa shape index (κ1) is 108. The molecule has 9 heterocycles. The van der Waals surface area contributed by atoms with Crippen molar-refractivity contribution in [2.75, 3.05) is 34.4 Å². The molecule has 0 saturated carbocycles. The summed E-state index contributed by atoms with van der Waals surface area (Å²) < 4.78 is 64.0. The summed E-state index contributed by atoms with van der Waals surface area (Å²) in [6.45, 7) is 29.1. The van der Waals surface area contributed by atoms with Gasteiger partial charge in [-0.2, -0.15) is 13.2 Å². The van der Waals surface area contributed by atoms with E-state index in [0.29, 0.717) is 91.8 Å². The second-order valence-corrected chi connectivity index (χ2v) is 51.3. The number of esters is 4. The highest BCUT2D eigenvalue weighted by atomic mass is 32.1. The van der Waals surface area contributed by atoms with Gasteiger partial charge in [-0.15, -0.1) is 90.7 Å². The molecular formula is C112H134F3N9O14S8. The first-order valence-corrected chi connectivity index (χ1v) is 57.7. The molecule has 10 N–H and O–H groups in total. The normalized spacial score (nSPS) is 15.3. The molecule has 3 aromatic carbocycles.